The molecule has 2 aromatic rings. The Labute approximate surface area is 120 Å². The monoisotopic (exact) mass is 358 g/mol. The highest BCUT2D eigenvalue weighted by Crippen LogP contribution is 2.27. The van der Waals surface area contributed by atoms with Crippen LogP contribution in [0, 0.1) is 3.57 Å². The average molecular weight is 359 g/mol. The third-order valence-electron chi connectivity index (χ3n) is 2.51. The summed E-state index contributed by atoms with van der Waals surface area (Å²) in [5.74, 6) is 0. The van der Waals surface area contributed by atoms with Crippen molar-refractivity contribution < 1.29 is 0 Å². The Morgan fingerprint density at radius 2 is 1.94 bits per heavy atom. The zero-order valence-electron chi connectivity index (χ0n) is 9.32. The molecule has 1 aromatic heterocycles. The van der Waals surface area contributed by atoms with Gasteiger partial charge in [0, 0.05) is 22.0 Å². The van der Waals surface area contributed by atoms with E-state index in [1.807, 2.05) is 30.3 Å². The third kappa shape index (κ3) is 3.33. The summed E-state index contributed by atoms with van der Waals surface area (Å²) in [4.78, 5) is 4.01. The second-order valence-electron chi connectivity index (χ2n) is 3.77. The second kappa shape index (κ2) is 5.69. The summed E-state index contributed by atoms with van der Waals surface area (Å²) in [6, 6.07) is 10.2. The van der Waals surface area contributed by atoms with E-state index >= 15 is 0 Å². The van der Waals surface area contributed by atoms with Gasteiger partial charge in [-0.2, -0.15) is 0 Å². The first-order valence-electron chi connectivity index (χ1n) is 5.28. The molecule has 0 spiro atoms. The smallest absolute Gasteiger partial charge is 0.0648 e. The number of benzene rings is 1. The number of anilines is 1. The molecule has 1 aromatic carbocycles. The van der Waals surface area contributed by atoms with Gasteiger partial charge in [0.2, 0.25) is 0 Å². The molecule has 0 saturated heterocycles. The lowest BCUT2D eigenvalue weighted by Gasteiger charge is -2.16. The Morgan fingerprint density at radius 3 is 2.59 bits per heavy atom. The number of nitrogens with one attached hydrogen (secondary N) is 1. The number of halogens is 2. The standard InChI is InChI=1S/C13H12ClIN2/c1-9(10-4-6-16-7-5-10)17-13-3-2-11(15)8-12(13)14/h2-9,17H,1H3. The molecule has 0 saturated carbocycles. The van der Waals surface area contributed by atoms with Gasteiger partial charge in [0.25, 0.3) is 0 Å². The van der Waals surface area contributed by atoms with E-state index in [1.165, 1.54) is 5.56 Å². The highest BCUT2D eigenvalue weighted by Gasteiger charge is 2.07. The van der Waals surface area contributed by atoms with Crippen LogP contribution in [0.4, 0.5) is 5.69 Å². The molecule has 0 bridgehead atoms. The van der Waals surface area contributed by atoms with Crippen LogP contribution in [-0.4, -0.2) is 4.98 Å². The van der Waals surface area contributed by atoms with Crippen LogP contribution in [0.15, 0.2) is 42.7 Å². The number of nitrogens with zero attached hydrogens (tertiary/aromatic N) is 1. The third-order valence-corrected chi connectivity index (χ3v) is 3.49. The minimum absolute atomic E-state index is 0.204. The molecule has 0 aliphatic rings. The molecule has 0 aliphatic heterocycles. The Bertz CT molecular complexity index is 502. The Kier molecular flexibility index (Phi) is 4.23. The van der Waals surface area contributed by atoms with Crippen LogP contribution in [0.5, 0.6) is 0 Å². The van der Waals surface area contributed by atoms with Crippen molar-refractivity contribution in [3.8, 4) is 0 Å². The molecular weight excluding hydrogens is 347 g/mol. The van der Waals surface area contributed by atoms with Crippen molar-refractivity contribution in [2.24, 2.45) is 0 Å². The maximum absolute atomic E-state index is 6.18. The maximum Gasteiger partial charge on any atom is 0.0648 e. The van der Waals surface area contributed by atoms with Crippen LogP contribution in [-0.2, 0) is 0 Å². The van der Waals surface area contributed by atoms with Crippen molar-refractivity contribution in [2.45, 2.75) is 13.0 Å². The van der Waals surface area contributed by atoms with E-state index < -0.39 is 0 Å². The summed E-state index contributed by atoms with van der Waals surface area (Å²) in [6.45, 7) is 2.10. The van der Waals surface area contributed by atoms with Crippen molar-refractivity contribution in [1.82, 2.24) is 4.98 Å². The highest BCUT2D eigenvalue weighted by molar-refractivity contribution is 14.1. The predicted octanol–water partition coefficient (Wildman–Crippen LogP) is 4.51. The summed E-state index contributed by atoms with van der Waals surface area (Å²) in [5, 5.41) is 4.14. The summed E-state index contributed by atoms with van der Waals surface area (Å²) >= 11 is 8.43. The molecule has 2 rings (SSSR count). The summed E-state index contributed by atoms with van der Waals surface area (Å²) < 4.78 is 1.13. The van der Waals surface area contributed by atoms with Crippen LogP contribution < -0.4 is 5.32 Å². The fourth-order valence-electron chi connectivity index (χ4n) is 1.58. The molecule has 88 valence electrons. The van der Waals surface area contributed by atoms with Crippen LogP contribution >= 0.6 is 34.2 Å². The van der Waals surface area contributed by atoms with Crippen molar-refractivity contribution in [1.29, 1.82) is 0 Å². The van der Waals surface area contributed by atoms with Gasteiger partial charge in [-0.25, -0.2) is 0 Å². The van der Waals surface area contributed by atoms with Crippen molar-refractivity contribution >= 4 is 39.9 Å². The van der Waals surface area contributed by atoms with Crippen molar-refractivity contribution in [3.05, 3.63) is 56.9 Å². The van der Waals surface area contributed by atoms with E-state index in [-0.39, 0.29) is 6.04 Å². The largest absolute Gasteiger partial charge is 0.377 e. The van der Waals surface area contributed by atoms with E-state index in [0.29, 0.717) is 0 Å². The SMILES string of the molecule is CC(Nc1ccc(I)cc1Cl)c1ccncc1. The highest BCUT2D eigenvalue weighted by atomic mass is 127. The summed E-state index contributed by atoms with van der Waals surface area (Å²) in [6.07, 6.45) is 3.59. The van der Waals surface area contributed by atoms with Gasteiger partial charge in [0.05, 0.1) is 10.7 Å². The molecule has 0 aliphatic carbocycles. The fraction of sp³-hybridized carbons (Fsp3) is 0.154. The van der Waals surface area contributed by atoms with Gasteiger partial charge in [-0.05, 0) is 65.4 Å². The molecule has 2 nitrogen and oxygen atoms in total. The molecule has 4 heteroatoms. The van der Waals surface area contributed by atoms with E-state index in [1.54, 1.807) is 12.4 Å². The topological polar surface area (TPSA) is 24.9 Å². The van der Waals surface area contributed by atoms with E-state index in [9.17, 15) is 0 Å². The van der Waals surface area contributed by atoms with E-state index in [2.05, 4.69) is 39.8 Å². The molecule has 1 N–H and O–H groups in total. The maximum atomic E-state index is 6.18. The normalized spacial score (nSPS) is 12.2. The molecule has 0 amide bonds. The lowest BCUT2D eigenvalue weighted by Crippen LogP contribution is -2.06. The summed E-state index contributed by atoms with van der Waals surface area (Å²) in [7, 11) is 0. The Balaban J connectivity index is 2.16. The molecule has 0 fully saturated rings. The lowest BCUT2D eigenvalue weighted by atomic mass is 10.1. The van der Waals surface area contributed by atoms with Crippen LogP contribution in [0.2, 0.25) is 5.02 Å². The average Bonchev–Trinajstić information content (AvgIpc) is 2.34. The number of hydrogen-bond acceptors (Lipinski definition) is 2. The fourth-order valence-corrected chi connectivity index (χ4v) is 2.49. The van der Waals surface area contributed by atoms with E-state index in [4.69, 9.17) is 11.6 Å². The first kappa shape index (κ1) is 12.6. The zero-order valence-corrected chi connectivity index (χ0v) is 12.2. The molecule has 17 heavy (non-hydrogen) atoms. The minimum Gasteiger partial charge on any atom is -0.377 e. The first-order chi connectivity index (χ1) is 8.16. The van der Waals surface area contributed by atoms with E-state index in [0.717, 1.165) is 14.3 Å². The minimum atomic E-state index is 0.204. The lowest BCUT2D eigenvalue weighted by molar-refractivity contribution is 0.881. The van der Waals surface area contributed by atoms with Gasteiger partial charge in [0.15, 0.2) is 0 Å². The number of aromatic nitrogens is 1. The van der Waals surface area contributed by atoms with Crippen molar-refractivity contribution in [2.75, 3.05) is 5.32 Å². The number of rotatable bonds is 3. The van der Waals surface area contributed by atoms with Crippen LogP contribution in [0.1, 0.15) is 18.5 Å². The number of hydrogen-bond donors (Lipinski definition) is 1. The Hall–Kier alpha value is -0.810. The quantitative estimate of drug-likeness (QED) is 0.817. The van der Waals surface area contributed by atoms with Gasteiger partial charge in [-0.15, -0.1) is 0 Å². The van der Waals surface area contributed by atoms with Crippen LogP contribution in [0.3, 0.4) is 0 Å². The van der Waals surface area contributed by atoms with Crippen LogP contribution in [0.25, 0.3) is 0 Å². The number of pyridine rings is 1. The molecule has 1 heterocycles. The van der Waals surface area contributed by atoms with Gasteiger partial charge < -0.3 is 5.32 Å². The molecule has 1 atom stereocenters. The molecule has 0 radical (unpaired) electrons. The molecular formula is C13H12ClIN2. The second-order valence-corrected chi connectivity index (χ2v) is 5.42. The van der Waals surface area contributed by atoms with Crippen molar-refractivity contribution in [3.63, 3.8) is 0 Å². The predicted molar refractivity (Wildman–Crippen MR) is 80.4 cm³/mol. The van der Waals surface area contributed by atoms with Gasteiger partial charge >= 0.3 is 0 Å². The summed E-state index contributed by atoms with van der Waals surface area (Å²) in [5.41, 5.74) is 2.14. The van der Waals surface area contributed by atoms with Gasteiger partial charge in [0.1, 0.15) is 0 Å². The van der Waals surface area contributed by atoms with Gasteiger partial charge in [-0.1, -0.05) is 11.6 Å². The first-order valence-corrected chi connectivity index (χ1v) is 6.74. The Morgan fingerprint density at radius 1 is 1.24 bits per heavy atom. The van der Waals surface area contributed by atoms with Gasteiger partial charge in [-0.3, -0.25) is 4.98 Å². The molecule has 1 unspecified atom stereocenters. The zero-order chi connectivity index (χ0) is 12.3.